The average molecular weight is 495 g/mol. The molecule has 8 heteroatoms. The third-order valence-corrected chi connectivity index (χ3v) is 6.15. The Hall–Kier alpha value is -3.94. The number of carbonyl (C=O) groups excluding carboxylic acids is 2. The molecule has 0 aliphatic carbocycles. The molecule has 2 aromatic rings. The molecule has 1 aliphatic rings. The van der Waals surface area contributed by atoms with E-state index in [2.05, 4.69) is 5.32 Å². The first-order valence-electron chi connectivity index (χ1n) is 11.8. The summed E-state index contributed by atoms with van der Waals surface area (Å²) >= 11 is 0. The van der Waals surface area contributed by atoms with Crippen LogP contribution in [0.25, 0.3) is 12.2 Å². The molecule has 36 heavy (non-hydrogen) atoms. The van der Waals surface area contributed by atoms with Crippen LogP contribution in [0, 0.1) is 5.92 Å². The Bertz CT molecular complexity index is 1100. The fraction of sp³-hybridized carbons (Fsp3) is 0.357. The minimum Gasteiger partial charge on any atom is -0.493 e. The molecule has 192 valence electrons. The highest BCUT2D eigenvalue weighted by atomic mass is 16.5. The van der Waals surface area contributed by atoms with Gasteiger partial charge in [0.1, 0.15) is 0 Å². The average Bonchev–Trinajstić information content (AvgIpc) is 2.93. The summed E-state index contributed by atoms with van der Waals surface area (Å²) in [5.74, 6) is 2.68. The Labute approximate surface area is 212 Å². The fourth-order valence-electron chi connectivity index (χ4n) is 4.02. The summed E-state index contributed by atoms with van der Waals surface area (Å²) in [6.07, 6.45) is 8.30. The molecule has 2 amide bonds. The van der Waals surface area contributed by atoms with Crippen LogP contribution in [-0.4, -0.2) is 64.8 Å². The lowest BCUT2D eigenvalue weighted by atomic mass is 9.96. The van der Waals surface area contributed by atoms with Crippen molar-refractivity contribution in [3.05, 3.63) is 59.7 Å². The third-order valence-electron chi connectivity index (χ3n) is 6.15. The van der Waals surface area contributed by atoms with Gasteiger partial charge in [0.05, 0.1) is 28.4 Å². The van der Waals surface area contributed by atoms with E-state index in [-0.39, 0.29) is 11.8 Å². The van der Waals surface area contributed by atoms with Gasteiger partial charge < -0.3 is 29.2 Å². The van der Waals surface area contributed by atoms with Crippen LogP contribution < -0.4 is 24.3 Å². The molecule has 0 radical (unpaired) electrons. The molecule has 0 atom stereocenters. The predicted octanol–water partition coefficient (Wildman–Crippen LogP) is 3.80. The zero-order valence-corrected chi connectivity index (χ0v) is 21.3. The van der Waals surface area contributed by atoms with Crippen LogP contribution in [0.3, 0.4) is 0 Å². The van der Waals surface area contributed by atoms with E-state index in [1.807, 2.05) is 35.2 Å². The fourth-order valence-corrected chi connectivity index (χ4v) is 4.02. The van der Waals surface area contributed by atoms with Crippen LogP contribution in [0.15, 0.2) is 48.6 Å². The van der Waals surface area contributed by atoms with Crippen LogP contribution in [-0.2, 0) is 9.59 Å². The van der Waals surface area contributed by atoms with Gasteiger partial charge in [-0.3, -0.25) is 9.59 Å². The van der Waals surface area contributed by atoms with Gasteiger partial charge in [-0.25, -0.2) is 0 Å². The van der Waals surface area contributed by atoms with Crippen LogP contribution >= 0.6 is 0 Å². The van der Waals surface area contributed by atoms with E-state index in [1.54, 1.807) is 52.7 Å². The maximum atomic E-state index is 12.6. The summed E-state index contributed by atoms with van der Waals surface area (Å²) < 4.78 is 21.1. The van der Waals surface area contributed by atoms with Crippen molar-refractivity contribution in [1.29, 1.82) is 0 Å². The summed E-state index contributed by atoms with van der Waals surface area (Å²) in [6.45, 7) is 1.91. The number of rotatable bonds is 10. The summed E-state index contributed by atoms with van der Waals surface area (Å²) in [5.41, 5.74) is 1.70. The minimum absolute atomic E-state index is 0.0230. The van der Waals surface area contributed by atoms with E-state index in [9.17, 15) is 9.59 Å². The molecule has 0 unspecified atom stereocenters. The lowest BCUT2D eigenvalue weighted by Crippen LogP contribution is -2.40. The maximum Gasteiger partial charge on any atom is 0.246 e. The van der Waals surface area contributed by atoms with Gasteiger partial charge in [0.25, 0.3) is 0 Å². The highest BCUT2D eigenvalue weighted by Crippen LogP contribution is 2.29. The quantitative estimate of drug-likeness (QED) is 0.506. The molecular weight excluding hydrogens is 460 g/mol. The second kappa shape index (κ2) is 13.2. The standard InChI is InChI=1S/C28H34N2O6/c1-33-23-9-5-20(17-25(23)35-3)7-11-27(31)29-19-22-13-15-30(16-14-22)28(32)12-8-21-6-10-24(34-2)26(18-21)36-4/h5-12,17-18,22H,13-16,19H2,1-4H3,(H,29,31)/b11-7+,12-8+. The molecule has 1 aliphatic heterocycles. The Morgan fingerprint density at radius 2 is 1.31 bits per heavy atom. The number of piperidine rings is 1. The smallest absolute Gasteiger partial charge is 0.246 e. The predicted molar refractivity (Wildman–Crippen MR) is 139 cm³/mol. The monoisotopic (exact) mass is 494 g/mol. The van der Waals surface area contributed by atoms with Crippen molar-refractivity contribution in [2.24, 2.45) is 5.92 Å². The molecule has 2 aromatic carbocycles. The Morgan fingerprint density at radius 1 is 0.806 bits per heavy atom. The van der Waals surface area contributed by atoms with E-state index >= 15 is 0 Å². The number of nitrogens with one attached hydrogen (secondary N) is 1. The van der Waals surface area contributed by atoms with Gasteiger partial charge in [-0.05, 0) is 66.3 Å². The van der Waals surface area contributed by atoms with E-state index in [1.165, 1.54) is 6.08 Å². The first-order chi connectivity index (χ1) is 17.5. The SMILES string of the molecule is COc1ccc(/C=C/C(=O)NCC2CCN(C(=O)/C=C/c3ccc(OC)c(OC)c3)CC2)cc1OC. The van der Waals surface area contributed by atoms with E-state index in [4.69, 9.17) is 18.9 Å². The van der Waals surface area contributed by atoms with Crippen LogP contribution in [0.2, 0.25) is 0 Å². The molecule has 0 bridgehead atoms. The van der Waals surface area contributed by atoms with Gasteiger partial charge >= 0.3 is 0 Å². The number of ether oxygens (including phenoxy) is 4. The number of hydrogen-bond donors (Lipinski definition) is 1. The number of likely N-dealkylation sites (tertiary alicyclic amines) is 1. The summed E-state index contributed by atoms with van der Waals surface area (Å²) in [4.78, 5) is 26.7. The van der Waals surface area contributed by atoms with Crippen molar-refractivity contribution in [3.63, 3.8) is 0 Å². The lowest BCUT2D eigenvalue weighted by Gasteiger charge is -2.31. The number of hydrogen-bond acceptors (Lipinski definition) is 6. The van der Waals surface area contributed by atoms with Crippen LogP contribution in [0.1, 0.15) is 24.0 Å². The second-order valence-corrected chi connectivity index (χ2v) is 8.41. The van der Waals surface area contributed by atoms with Gasteiger partial charge in [0.2, 0.25) is 11.8 Å². The van der Waals surface area contributed by atoms with E-state index in [0.717, 1.165) is 24.0 Å². The molecule has 0 aromatic heterocycles. The maximum absolute atomic E-state index is 12.6. The number of carbonyl (C=O) groups is 2. The normalized spacial score (nSPS) is 14.2. The van der Waals surface area contributed by atoms with Crippen LogP contribution in [0.5, 0.6) is 23.0 Å². The van der Waals surface area contributed by atoms with Gasteiger partial charge in [-0.1, -0.05) is 12.1 Å². The van der Waals surface area contributed by atoms with Gasteiger partial charge in [0, 0.05) is 31.8 Å². The summed E-state index contributed by atoms with van der Waals surface area (Å²) in [6, 6.07) is 11.0. The van der Waals surface area contributed by atoms with Crippen LogP contribution in [0.4, 0.5) is 0 Å². The summed E-state index contributed by atoms with van der Waals surface area (Å²) in [7, 11) is 6.32. The largest absolute Gasteiger partial charge is 0.493 e. The molecule has 1 heterocycles. The Morgan fingerprint density at radius 3 is 1.81 bits per heavy atom. The molecular formula is C28H34N2O6. The van der Waals surface area contributed by atoms with Gasteiger partial charge in [-0.15, -0.1) is 0 Å². The molecule has 8 nitrogen and oxygen atoms in total. The Balaban J connectivity index is 1.43. The number of nitrogens with zero attached hydrogens (tertiary/aromatic N) is 1. The molecule has 1 N–H and O–H groups in total. The zero-order chi connectivity index (χ0) is 25.9. The van der Waals surface area contributed by atoms with Gasteiger partial charge in [-0.2, -0.15) is 0 Å². The number of amides is 2. The van der Waals surface area contributed by atoms with Crippen molar-refractivity contribution in [2.75, 3.05) is 48.1 Å². The Kier molecular flexibility index (Phi) is 9.80. The van der Waals surface area contributed by atoms with Crippen molar-refractivity contribution in [1.82, 2.24) is 10.2 Å². The first-order valence-corrected chi connectivity index (χ1v) is 11.8. The highest BCUT2D eigenvalue weighted by Gasteiger charge is 2.21. The van der Waals surface area contributed by atoms with Crippen molar-refractivity contribution in [3.8, 4) is 23.0 Å². The molecule has 1 saturated heterocycles. The van der Waals surface area contributed by atoms with Crippen molar-refractivity contribution < 1.29 is 28.5 Å². The van der Waals surface area contributed by atoms with Crippen molar-refractivity contribution >= 4 is 24.0 Å². The highest BCUT2D eigenvalue weighted by molar-refractivity contribution is 5.92. The number of methoxy groups -OCH3 is 4. The molecule has 3 rings (SSSR count). The molecule has 1 fully saturated rings. The zero-order valence-electron chi connectivity index (χ0n) is 21.3. The first kappa shape index (κ1) is 26.7. The minimum atomic E-state index is -0.152. The van der Waals surface area contributed by atoms with E-state index in [0.29, 0.717) is 48.6 Å². The van der Waals surface area contributed by atoms with Crippen molar-refractivity contribution in [2.45, 2.75) is 12.8 Å². The third kappa shape index (κ3) is 7.28. The topological polar surface area (TPSA) is 86.3 Å². The second-order valence-electron chi connectivity index (χ2n) is 8.41. The molecule has 0 spiro atoms. The number of benzene rings is 2. The van der Waals surface area contributed by atoms with E-state index < -0.39 is 0 Å². The van der Waals surface area contributed by atoms with Gasteiger partial charge in [0.15, 0.2) is 23.0 Å². The summed E-state index contributed by atoms with van der Waals surface area (Å²) in [5, 5.41) is 2.96. The lowest BCUT2D eigenvalue weighted by molar-refractivity contribution is -0.127. The molecule has 0 saturated carbocycles.